The van der Waals surface area contributed by atoms with Crippen molar-refractivity contribution in [2.24, 2.45) is 0 Å². The number of sulfonamides is 1. The Balaban J connectivity index is 2.43. The van der Waals surface area contributed by atoms with Crippen molar-refractivity contribution in [3.63, 3.8) is 0 Å². The molecule has 10 heteroatoms. The second-order valence-electron chi connectivity index (χ2n) is 3.80. The van der Waals surface area contributed by atoms with Crippen molar-refractivity contribution >= 4 is 37.7 Å². The standard InChI is InChI=1S/C10H9BrN4O4S/c1-5-9(8(10(16)17)14-13-5)20(18,19)15-7-3-2-6(11)4-12-7/h2-4H,1H3,(H,12,15)(H,13,14)(H,16,17). The summed E-state index contributed by atoms with van der Waals surface area (Å²) >= 11 is 3.17. The molecule has 0 aliphatic heterocycles. The van der Waals surface area contributed by atoms with E-state index in [0.29, 0.717) is 4.47 Å². The average Bonchev–Trinajstić information content (AvgIpc) is 2.75. The molecule has 0 aliphatic rings. The van der Waals surface area contributed by atoms with Gasteiger partial charge in [0.05, 0.1) is 5.69 Å². The van der Waals surface area contributed by atoms with Gasteiger partial charge in [0, 0.05) is 10.7 Å². The zero-order valence-corrected chi connectivity index (χ0v) is 12.5. The van der Waals surface area contributed by atoms with Gasteiger partial charge in [0.25, 0.3) is 10.0 Å². The lowest BCUT2D eigenvalue weighted by Crippen LogP contribution is -2.17. The summed E-state index contributed by atoms with van der Waals surface area (Å²) in [6.45, 7) is 1.42. The van der Waals surface area contributed by atoms with Crippen molar-refractivity contribution in [3.8, 4) is 0 Å². The van der Waals surface area contributed by atoms with E-state index in [2.05, 4.69) is 35.8 Å². The number of hydrogen-bond acceptors (Lipinski definition) is 5. The van der Waals surface area contributed by atoms with Crippen LogP contribution in [0.5, 0.6) is 0 Å². The van der Waals surface area contributed by atoms with Crippen LogP contribution < -0.4 is 4.72 Å². The van der Waals surface area contributed by atoms with Crippen molar-refractivity contribution in [1.82, 2.24) is 15.2 Å². The number of carboxylic acids is 1. The molecule has 0 amide bonds. The minimum Gasteiger partial charge on any atom is -0.476 e. The number of aromatic carboxylic acids is 1. The van der Waals surface area contributed by atoms with Gasteiger partial charge in [0.15, 0.2) is 5.69 Å². The van der Waals surface area contributed by atoms with E-state index in [1.807, 2.05) is 0 Å². The lowest BCUT2D eigenvalue weighted by atomic mass is 10.4. The molecule has 0 fully saturated rings. The highest BCUT2D eigenvalue weighted by molar-refractivity contribution is 9.10. The zero-order chi connectivity index (χ0) is 14.9. The van der Waals surface area contributed by atoms with Crippen molar-refractivity contribution in [2.45, 2.75) is 11.8 Å². The highest BCUT2D eigenvalue weighted by Crippen LogP contribution is 2.21. The number of hydrogen-bond donors (Lipinski definition) is 3. The quantitative estimate of drug-likeness (QED) is 0.755. The molecule has 0 unspecified atom stereocenters. The monoisotopic (exact) mass is 360 g/mol. The van der Waals surface area contributed by atoms with E-state index in [1.54, 1.807) is 6.07 Å². The number of carbonyl (C=O) groups is 1. The molecule has 0 saturated carbocycles. The minimum absolute atomic E-state index is 0.0742. The smallest absolute Gasteiger partial charge is 0.357 e. The summed E-state index contributed by atoms with van der Waals surface area (Å²) in [6.07, 6.45) is 1.41. The first-order valence-corrected chi connectivity index (χ1v) is 7.51. The number of H-pyrrole nitrogens is 1. The van der Waals surface area contributed by atoms with Gasteiger partial charge < -0.3 is 5.11 Å². The summed E-state index contributed by atoms with van der Waals surface area (Å²) in [5.74, 6) is -1.36. The lowest BCUT2D eigenvalue weighted by molar-refractivity contribution is 0.0686. The fourth-order valence-electron chi connectivity index (χ4n) is 1.52. The van der Waals surface area contributed by atoms with E-state index >= 15 is 0 Å². The Morgan fingerprint density at radius 2 is 2.15 bits per heavy atom. The average molecular weight is 361 g/mol. The van der Waals surface area contributed by atoms with Crippen LogP contribution in [0, 0.1) is 6.92 Å². The number of carboxylic acid groups (broad SMARTS) is 1. The van der Waals surface area contributed by atoms with Gasteiger partial charge in [0.1, 0.15) is 10.7 Å². The fourth-order valence-corrected chi connectivity index (χ4v) is 3.09. The number of halogens is 1. The summed E-state index contributed by atoms with van der Waals surface area (Å²) in [7, 11) is -4.09. The molecule has 0 aliphatic carbocycles. The van der Waals surface area contributed by atoms with E-state index in [9.17, 15) is 13.2 Å². The molecule has 3 N–H and O–H groups in total. The number of rotatable bonds is 4. The normalized spacial score (nSPS) is 11.3. The number of anilines is 1. The number of nitrogens with zero attached hydrogens (tertiary/aromatic N) is 2. The summed E-state index contributed by atoms with van der Waals surface area (Å²) in [5.41, 5.74) is -0.431. The minimum atomic E-state index is -4.09. The van der Waals surface area contributed by atoms with Crippen LogP contribution in [0.2, 0.25) is 0 Å². The number of aromatic amines is 1. The third-order valence-corrected chi connectivity index (χ3v) is 4.31. The first kappa shape index (κ1) is 14.5. The van der Waals surface area contributed by atoms with E-state index in [4.69, 9.17) is 5.11 Å². The zero-order valence-electron chi connectivity index (χ0n) is 10.1. The van der Waals surface area contributed by atoms with Gasteiger partial charge in [-0.05, 0) is 35.0 Å². The molecule has 0 aromatic carbocycles. The van der Waals surface area contributed by atoms with Crippen molar-refractivity contribution in [1.29, 1.82) is 0 Å². The SMILES string of the molecule is Cc1[nH]nc(C(=O)O)c1S(=O)(=O)Nc1ccc(Br)cn1. The number of pyridine rings is 1. The van der Waals surface area contributed by atoms with E-state index in [0.717, 1.165) is 0 Å². The van der Waals surface area contributed by atoms with Crippen molar-refractivity contribution in [3.05, 3.63) is 34.2 Å². The molecule has 0 bridgehead atoms. The molecule has 106 valence electrons. The van der Waals surface area contributed by atoms with Crippen LogP contribution in [-0.4, -0.2) is 34.7 Å². The third kappa shape index (κ3) is 2.80. The van der Waals surface area contributed by atoms with Gasteiger partial charge in [0.2, 0.25) is 0 Å². The lowest BCUT2D eigenvalue weighted by Gasteiger charge is -2.07. The Hall–Kier alpha value is -1.94. The van der Waals surface area contributed by atoms with Crippen LogP contribution in [0.4, 0.5) is 5.82 Å². The van der Waals surface area contributed by atoms with Gasteiger partial charge in [-0.1, -0.05) is 0 Å². The maximum Gasteiger partial charge on any atom is 0.357 e. The predicted molar refractivity (Wildman–Crippen MR) is 73.0 cm³/mol. The summed E-state index contributed by atoms with van der Waals surface area (Å²) in [4.78, 5) is 14.4. The first-order valence-electron chi connectivity index (χ1n) is 5.24. The number of aryl methyl sites for hydroxylation is 1. The second kappa shape index (κ2) is 5.21. The Labute approximate surface area is 122 Å². The topological polar surface area (TPSA) is 125 Å². The Bertz CT molecular complexity index is 754. The van der Waals surface area contributed by atoms with Gasteiger partial charge in [-0.3, -0.25) is 9.82 Å². The molecule has 2 heterocycles. The maximum atomic E-state index is 12.2. The van der Waals surface area contributed by atoms with Gasteiger partial charge in [-0.2, -0.15) is 5.10 Å². The van der Waals surface area contributed by atoms with Gasteiger partial charge in [-0.15, -0.1) is 0 Å². The highest BCUT2D eigenvalue weighted by Gasteiger charge is 2.28. The highest BCUT2D eigenvalue weighted by atomic mass is 79.9. The number of aromatic nitrogens is 3. The molecular formula is C10H9BrN4O4S. The van der Waals surface area contributed by atoms with Crippen LogP contribution >= 0.6 is 15.9 Å². The third-order valence-electron chi connectivity index (χ3n) is 2.33. The Morgan fingerprint density at radius 3 is 2.70 bits per heavy atom. The molecule has 2 aromatic rings. The predicted octanol–water partition coefficient (Wildman–Crippen LogP) is 1.37. The van der Waals surface area contributed by atoms with Crippen molar-refractivity contribution < 1.29 is 18.3 Å². The molecule has 0 atom stereocenters. The molecule has 2 aromatic heterocycles. The molecule has 2 rings (SSSR count). The molecular weight excluding hydrogens is 352 g/mol. The summed E-state index contributed by atoms with van der Waals surface area (Å²) in [6, 6.07) is 3.04. The molecule has 0 radical (unpaired) electrons. The maximum absolute atomic E-state index is 12.2. The van der Waals surface area contributed by atoms with Gasteiger partial charge >= 0.3 is 5.97 Å². The van der Waals surface area contributed by atoms with E-state index in [-0.39, 0.29) is 11.5 Å². The first-order chi connectivity index (χ1) is 9.31. The molecule has 8 nitrogen and oxygen atoms in total. The van der Waals surface area contributed by atoms with Crippen molar-refractivity contribution in [2.75, 3.05) is 4.72 Å². The van der Waals surface area contributed by atoms with Crippen LogP contribution in [0.25, 0.3) is 0 Å². The molecule has 0 spiro atoms. The second-order valence-corrected chi connectivity index (χ2v) is 6.33. The fraction of sp³-hybridized carbons (Fsp3) is 0.100. The summed E-state index contributed by atoms with van der Waals surface area (Å²) in [5, 5.41) is 14.8. The number of nitrogens with one attached hydrogen (secondary N) is 2. The summed E-state index contributed by atoms with van der Waals surface area (Å²) < 4.78 is 27.3. The van der Waals surface area contributed by atoms with E-state index in [1.165, 1.54) is 19.2 Å². The van der Waals surface area contributed by atoms with Crippen LogP contribution in [0.15, 0.2) is 27.7 Å². The van der Waals surface area contributed by atoms with E-state index < -0.39 is 26.6 Å². The molecule has 0 saturated heterocycles. The van der Waals surface area contributed by atoms with Crippen LogP contribution in [0.3, 0.4) is 0 Å². The molecule has 20 heavy (non-hydrogen) atoms. The van der Waals surface area contributed by atoms with Crippen LogP contribution in [0.1, 0.15) is 16.2 Å². The largest absolute Gasteiger partial charge is 0.476 e. The Morgan fingerprint density at radius 1 is 1.45 bits per heavy atom. The van der Waals surface area contributed by atoms with Gasteiger partial charge in [-0.25, -0.2) is 18.2 Å². The van der Waals surface area contributed by atoms with Crippen LogP contribution in [-0.2, 0) is 10.0 Å². The Kier molecular flexibility index (Phi) is 3.77.